The maximum absolute atomic E-state index is 14.1. The molecule has 2 rings (SSSR count). The quantitative estimate of drug-likeness (QED) is 0.665. The second-order valence-electron chi connectivity index (χ2n) is 6.60. The van der Waals surface area contributed by atoms with Gasteiger partial charge in [0.2, 0.25) is 0 Å². The van der Waals surface area contributed by atoms with Crippen LogP contribution < -0.4 is 10.6 Å². The number of hydrogen-bond donors (Lipinski definition) is 2. The molecule has 1 aliphatic rings. The van der Waals surface area contributed by atoms with Crippen LogP contribution in [0.25, 0.3) is 0 Å². The molecule has 2 amide bonds. The first-order chi connectivity index (χ1) is 13.4. The zero-order chi connectivity index (χ0) is 23.3. The fourth-order valence-corrected chi connectivity index (χ4v) is 2.36. The Morgan fingerprint density at radius 3 is 1.83 bits per heavy atom. The molecule has 1 atom stereocenters. The van der Waals surface area contributed by atoms with Crippen molar-refractivity contribution in [3.63, 3.8) is 0 Å². The Hall–Kier alpha value is -2.51. The zero-order valence-electron chi connectivity index (χ0n) is 15.0. The number of carbonyl (C=O) groups is 2. The Balaban J connectivity index is 2.27. The summed E-state index contributed by atoms with van der Waals surface area (Å²) in [7, 11) is 0. The van der Waals surface area contributed by atoms with E-state index in [0.29, 0.717) is 0 Å². The first kappa shape index (κ1) is 23.8. The van der Waals surface area contributed by atoms with Gasteiger partial charge in [0.1, 0.15) is 0 Å². The number of ether oxygens (including phenoxy) is 1. The van der Waals surface area contributed by atoms with Gasteiger partial charge in [-0.3, -0.25) is 14.3 Å². The van der Waals surface area contributed by atoms with Crippen LogP contribution >= 0.6 is 0 Å². The molecule has 30 heavy (non-hydrogen) atoms. The number of nitrogens with one attached hydrogen (secondary N) is 2. The summed E-state index contributed by atoms with van der Waals surface area (Å²) in [5.41, 5.74) is -0.621. The van der Waals surface area contributed by atoms with Crippen molar-refractivity contribution in [1.82, 2.24) is 5.32 Å². The topological polar surface area (TPSA) is 67.4 Å². The van der Waals surface area contributed by atoms with Crippen LogP contribution in [0.1, 0.15) is 24.2 Å². The Bertz CT molecular complexity index is 843. The fraction of sp³-hybridized carbons (Fsp3) is 0.500. The number of rotatable bonds is 5. The minimum Gasteiger partial charge on any atom is -0.350 e. The van der Waals surface area contributed by atoms with Crippen molar-refractivity contribution in [3.05, 3.63) is 29.8 Å². The second kappa shape index (κ2) is 7.03. The molecule has 0 bridgehead atoms. The molecule has 1 unspecified atom stereocenters. The summed E-state index contributed by atoms with van der Waals surface area (Å²) in [5, 5.41) is 3.69. The van der Waals surface area contributed by atoms with Crippen LogP contribution in [0.5, 0.6) is 0 Å². The van der Waals surface area contributed by atoms with Crippen molar-refractivity contribution in [3.8, 4) is 0 Å². The normalized spacial score (nSPS) is 24.5. The molecule has 14 heteroatoms. The van der Waals surface area contributed by atoms with E-state index in [1.165, 1.54) is 5.32 Å². The minimum absolute atomic E-state index is 0.0136. The largest absolute Gasteiger partial charge is 0.428 e. The molecule has 1 saturated heterocycles. The van der Waals surface area contributed by atoms with Gasteiger partial charge in [0.05, 0.1) is 0 Å². The van der Waals surface area contributed by atoms with Gasteiger partial charge in [-0.05, 0) is 38.1 Å². The third kappa shape index (κ3) is 3.36. The monoisotopic (exact) mass is 452 g/mol. The summed E-state index contributed by atoms with van der Waals surface area (Å²) in [5.74, 6) is -29.5. The summed E-state index contributed by atoms with van der Waals surface area (Å²) >= 11 is 0. The van der Waals surface area contributed by atoms with Crippen molar-refractivity contribution >= 4 is 17.5 Å². The summed E-state index contributed by atoms with van der Waals surface area (Å²) in [6, 6.07) is 3.38. The SMILES string of the molecule is CC(C)NC(=O)c1ccc(NC(=O)C(F)(F)C2(F)OC(F)(F)C(F)(F)C2(F)F)cc1. The Morgan fingerprint density at radius 1 is 0.933 bits per heavy atom. The Kier molecular flexibility index (Phi) is 5.57. The summed E-state index contributed by atoms with van der Waals surface area (Å²) in [4.78, 5) is 23.4. The van der Waals surface area contributed by atoms with Crippen molar-refractivity contribution in [2.45, 2.75) is 49.6 Å². The van der Waals surface area contributed by atoms with Gasteiger partial charge in [-0.2, -0.15) is 39.5 Å². The summed E-state index contributed by atoms with van der Waals surface area (Å²) in [6.45, 7) is 3.27. The molecular formula is C16H13F9N2O3. The molecule has 0 radical (unpaired) electrons. The highest BCUT2D eigenvalue weighted by Gasteiger charge is 2.96. The van der Waals surface area contributed by atoms with Crippen LogP contribution in [0, 0.1) is 0 Å². The van der Waals surface area contributed by atoms with Gasteiger partial charge in [0, 0.05) is 17.3 Å². The average Bonchev–Trinajstić information content (AvgIpc) is 2.69. The number of anilines is 1. The van der Waals surface area contributed by atoms with Crippen LogP contribution in [0.4, 0.5) is 45.2 Å². The standard InChI is InChI=1S/C16H13F9N2O3/c1-7(2)26-10(28)8-3-5-9(6-4-8)27-11(29)12(17,18)15(23)13(19,20)14(21,22)16(24,25)30-15/h3-7H,1-2H3,(H,26,28)(H,27,29). The van der Waals surface area contributed by atoms with E-state index in [0.717, 1.165) is 24.3 Å². The van der Waals surface area contributed by atoms with Gasteiger partial charge < -0.3 is 10.6 Å². The molecule has 168 valence electrons. The lowest BCUT2D eigenvalue weighted by atomic mass is 9.99. The molecule has 2 N–H and O–H groups in total. The number of hydrogen-bond acceptors (Lipinski definition) is 3. The van der Waals surface area contributed by atoms with E-state index in [4.69, 9.17) is 0 Å². The van der Waals surface area contributed by atoms with E-state index < -0.39 is 47.2 Å². The first-order valence-corrected chi connectivity index (χ1v) is 8.03. The predicted octanol–water partition coefficient (Wildman–Crippen LogP) is 3.96. The van der Waals surface area contributed by atoms with Gasteiger partial charge in [-0.25, -0.2) is 0 Å². The van der Waals surface area contributed by atoms with E-state index >= 15 is 0 Å². The average molecular weight is 452 g/mol. The molecule has 1 heterocycles. The lowest BCUT2D eigenvalue weighted by Crippen LogP contribution is -2.63. The third-order valence-electron chi connectivity index (χ3n) is 3.95. The lowest BCUT2D eigenvalue weighted by molar-refractivity contribution is -0.366. The van der Waals surface area contributed by atoms with Gasteiger partial charge >= 0.3 is 35.6 Å². The Morgan fingerprint density at radius 2 is 1.43 bits per heavy atom. The number of alkyl halides is 9. The number of benzene rings is 1. The van der Waals surface area contributed by atoms with Crippen LogP contribution in [0.3, 0.4) is 0 Å². The van der Waals surface area contributed by atoms with Crippen molar-refractivity contribution in [1.29, 1.82) is 0 Å². The lowest BCUT2D eigenvalue weighted by Gasteiger charge is -2.31. The number of halogens is 9. The van der Waals surface area contributed by atoms with Crippen LogP contribution in [0.15, 0.2) is 24.3 Å². The predicted molar refractivity (Wildman–Crippen MR) is 82.4 cm³/mol. The van der Waals surface area contributed by atoms with E-state index in [-0.39, 0.29) is 11.6 Å². The molecule has 1 aliphatic heterocycles. The zero-order valence-corrected chi connectivity index (χ0v) is 15.0. The first-order valence-electron chi connectivity index (χ1n) is 8.03. The van der Waals surface area contributed by atoms with Crippen LogP contribution in [-0.2, 0) is 9.53 Å². The molecule has 0 spiro atoms. The van der Waals surface area contributed by atoms with Gasteiger partial charge in [0.25, 0.3) is 5.91 Å². The Labute approximate surface area is 162 Å². The van der Waals surface area contributed by atoms with E-state index in [2.05, 4.69) is 10.1 Å². The summed E-state index contributed by atoms with van der Waals surface area (Å²) < 4.78 is 123. The van der Waals surface area contributed by atoms with Gasteiger partial charge in [-0.1, -0.05) is 0 Å². The molecular weight excluding hydrogens is 439 g/mol. The van der Waals surface area contributed by atoms with E-state index in [1.807, 2.05) is 0 Å². The smallest absolute Gasteiger partial charge is 0.350 e. The van der Waals surface area contributed by atoms with E-state index in [1.54, 1.807) is 13.8 Å². The van der Waals surface area contributed by atoms with Gasteiger partial charge in [0.15, 0.2) is 0 Å². The van der Waals surface area contributed by atoms with Crippen LogP contribution in [0.2, 0.25) is 0 Å². The number of carbonyl (C=O) groups excluding carboxylic acids is 2. The maximum atomic E-state index is 14.1. The third-order valence-corrected chi connectivity index (χ3v) is 3.95. The summed E-state index contributed by atoms with van der Waals surface area (Å²) in [6.07, 6.45) is -6.32. The highest BCUT2D eigenvalue weighted by molar-refractivity contribution is 5.98. The van der Waals surface area contributed by atoms with Crippen molar-refractivity contribution in [2.24, 2.45) is 0 Å². The molecule has 5 nitrogen and oxygen atoms in total. The maximum Gasteiger partial charge on any atom is 0.428 e. The minimum atomic E-state index is -6.76. The molecule has 0 aliphatic carbocycles. The van der Waals surface area contributed by atoms with Crippen molar-refractivity contribution in [2.75, 3.05) is 5.32 Å². The van der Waals surface area contributed by atoms with E-state index in [9.17, 15) is 49.1 Å². The molecule has 1 aromatic carbocycles. The molecule has 1 fully saturated rings. The highest BCUT2D eigenvalue weighted by atomic mass is 19.4. The molecule has 1 aromatic rings. The van der Waals surface area contributed by atoms with Crippen LogP contribution in [-0.4, -0.2) is 47.6 Å². The second-order valence-corrected chi connectivity index (χ2v) is 6.60. The van der Waals surface area contributed by atoms with Crippen molar-refractivity contribution < 1.29 is 53.8 Å². The highest BCUT2D eigenvalue weighted by Crippen LogP contribution is 2.64. The molecule has 0 saturated carbocycles. The fourth-order valence-electron chi connectivity index (χ4n) is 2.36. The van der Waals surface area contributed by atoms with Gasteiger partial charge in [-0.15, -0.1) is 0 Å². The molecule has 0 aromatic heterocycles. The number of amides is 2.